The zero-order valence-electron chi connectivity index (χ0n) is 14.6. The van der Waals surface area contributed by atoms with E-state index in [1.54, 1.807) is 17.0 Å². The number of nitrogens with zero attached hydrogens (tertiary/aromatic N) is 1. The monoisotopic (exact) mass is 399 g/mol. The van der Waals surface area contributed by atoms with Crippen LogP contribution in [0.4, 0.5) is 0 Å². The molecule has 2 heterocycles. The Morgan fingerprint density at radius 3 is 2.37 bits per heavy atom. The van der Waals surface area contributed by atoms with Crippen molar-refractivity contribution in [3.8, 4) is 0 Å². The van der Waals surface area contributed by atoms with Gasteiger partial charge in [0.05, 0.1) is 5.02 Å². The predicted octanol–water partition coefficient (Wildman–Crippen LogP) is 5.08. The molecule has 6 heteroatoms. The van der Waals surface area contributed by atoms with Crippen molar-refractivity contribution in [2.45, 2.75) is 18.9 Å². The Bertz CT molecular complexity index is 980. The third-order valence-electron chi connectivity index (χ3n) is 4.69. The average Bonchev–Trinajstić information content (AvgIpc) is 3.35. The SMILES string of the molecule is O=C(O[C@@H](C(=O)N1CCCC1)c1ccccc1)c1sc2ccccc2c1Cl. The molecular formula is C21H18ClNO3S. The highest BCUT2D eigenvalue weighted by Gasteiger charge is 2.32. The smallest absolute Gasteiger partial charge is 0.351 e. The number of esters is 1. The van der Waals surface area contributed by atoms with E-state index in [2.05, 4.69) is 0 Å². The van der Waals surface area contributed by atoms with Gasteiger partial charge in [-0.1, -0.05) is 60.1 Å². The Kier molecular flexibility index (Phi) is 5.14. The zero-order chi connectivity index (χ0) is 18.8. The quantitative estimate of drug-likeness (QED) is 0.575. The highest BCUT2D eigenvalue weighted by atomic mass is 35.5. The van der Waals surface area contributed by atoms with Crippen LogP contribution in [0.3, 0.4) is 0 Å². The second kappa shape index (κ2) is 7.71. The minimum absolute atomic E-state index is 0.177. The molecular weight excluding hydrogens is 382 g/mol. The minimum Gasteiger partial charge on any atom is -0.443 e. The maximum Gasteiger partial charge on any atom is 0.351 e. The molecule has 0 aliphatic carbocycles. The highest BCUT2D eigenvalue weighted by Crippen LogP contribution is 2.36. The number of benzene rings is 2. The lowest BCUT2D eigenvalue weighted by molar-refractivity contribution is -0.140. The molecule has 0 spiro atoms. The number of rotatable bonds is 4. The Labute approximate surface area is 166 Å². The van der Waals surface area contributed by atoms with Crippen molar-refractivity contribution in [2.24, 2.45) is 0 Å². The molecule has 1 fully saturated rings. The van der Waals surface area contributed by atoms with E-state index in [0.29, 0.717) is 28.6 Å². The number of thiophene rings is 1. The fraction of sp³-hybridized carbons (Fsp3) is 0.238. The molecule has 1 aliphatic heterocycles. The molecule has 4 nitrogen and oxygen atoms in total. The summed E-state index contributed by atoms with van der Waals surface area (Å²) < 4.78 is 6.62. The third-order valence-corrected chi connectivity index (χ3v) is 6.34. The average molecular weight is 400 g/mol. The van der Waals surface area contributed by atoms with Crippen LogP contribution in [0.15, 0.2) is 54.6 Å². The first kappa shape index (κ1) is 18.0. The van der Waals surface area contributed by atoms with Crippen LogP contribution in [-0.4, -0.2) is 29.9 Å². The lowest BCUT2D eigenvalue weighted by Crippen LogP contribution is -2.34. The van der Waals surface area contributed by atoms with Crippen LogP contribution in [0.5, 0.6) is 0 Å². The van der Waals surface area contributed by atoms with Crippen LogP contribution >= 0.6 is 22.9 Å². The number of carbonyl (C=O) groups is 2. The fourth-order valence-corrected chi connectivity index (χ4v) is 4.69. The number of likely N-dealkylation sites (tertiary alicyclic amines) is 1. The van der Waals surface area contributed by atoms with Crippen LogP contribution in [-0.2, 0) is 9.53 Å². The van der Waals surface area contributed by atoms with Gasteiger partial charge in [0.25, 0.3) is 5.91 Å². The van der Waals surface area contributed by atoms with Gasteiger partial charge in [-0.3, -0.25) is 4.79 Å². The highest BCUT2D eigenvalue weighted by molar-refractivity contribution is 7.21. The summed E-state index contributed by atoms with van der Waals surface area (Å²) in [6.07, 6.45) is 0.991. The Hall–Kier alpha value is -2.37. The first-order valence-electron chi connectivity index (χ1n) is 8.87. The second-order valence-electron chi connectivity index (χ2n) is 6.47. The van der Waals surface area contributed by atoms with Crippen LogP contribution in [0.25, 0.3) is 10.1 Å². The molecule has 0 saturated carbocycles. The fourth-order valence-electron chi connectivity index (χ4n) is 3.30. The first-order valence-corrected chi connectivity index (χ1v) is 10.1. The van der Waals surface area contributed by atoms with Gasteiger partial charge in [0.2, 0.25) is 6.10 Å². The Morgan fingerprint density at radius 1 is 1.00 bits per heavy atom. The molecule has 0 N–H and O–H groups in total. The van der Waals surface area contributed by atoms with E-state index in [1.807, 2.05) is 42.5 Å². The van der Waals surface area contributed by atoms with Gasteiger partial charge < -0.3 is 9.64 Å². The summed E-state index contributed by atoms with van der Waals surface area (Å²) in [5.74, 6) is -0.744. The molecule has 1 saturated heterocycles. The maximum absolute atomic E-state index is 13.0. The molecule has 1 aliphatic rings. The summed E-state index contributed by atoms with van der Waals surface area (Å²) in [5, 5.41) is 1.19. The van der Waals surface area contributed by atoms with Gasteiger partial charge >= 0.3 is 5.97 Å². The number of carbonyl (C=O) groups excluding carboxylic acids is 2. The van der Waals surface area contributed by atoms with Gasteiger partial charge in [0.1, 0.15) is 4.88 Å². The van der Waals surface area contributed by atoms with Gasteiger partial charge in [-0.15, -0.1) is 11.3 Å². The summed E-state index contributed by atoms with van der Waals surface area (Å²) in [6, 6.07) is 16.7. The molecule has 0 unspecified atom stereocenters. The van der Waals surface area contributed by atoms with E-state index in [9.17, 15) is 9.59 Å². The molecule has 138 valence electrons. The molecule has 1 aromatic heterocycles. The van der Waals surface area contributed by atoms with E-state index in [1.165, 1.54) is 11.3 Å². The van der Waals surface area contributed by atoms with E-state index in [4.69, 9.17) is 16.3 Å². The topological polar surface area (TPSA) is 46.6 Å². The number of ether oxygens (including phenoxy) is 1. The molecule has 27 heavy (non-hydrogen) atoms. The molecule has 0 bridgehead atoms. The van der Waals surface area contributed by atoms with Crippen LogP contribution < -0.4 is 0 Å². The standard InChI is InChI=1S/C21H18ClNO3S/c22-17-15-10-4-5-11-16(15)27-19(17)21(25)26-18(14-8-2-1-3-9-14)20(24)23-12-6-7-13-23/h1-5,8-11,18H,6-7,12-13H2/t18-/m1/s1. The largest absolute Gasteiger partial charge is 0.443 e. The Balaban J connectivity index is 1.65. The minimum atomic E-state index is -0.960. The van der Waals surface area contributed by atoms with Crippen molar-refractivity contribution in [3.05, 3.63) is 70.1 Å². The van der Waals surface area contributed by atoms with Gasteiger partial charge in [0.15, 0.2) is 0 Å². The van der Waals surface area contributed by atoms with E-state index < -0.39 is 12.1 Å². The van der Waals surface area contributed by atoms with Gasteiger partial charge in [0, 0.05) is 28.7 Å². The van der Waals surface area contributed by atoms with Crippen LogP contribution in [0, 0.1) is 0 Å². The zero-order valence-corrected chi connectivity index (χ0v) is 16.1. The van der Waals surface area contributed by atoms with E-state index in [0.717, 1.165) is 22.9 Å². The predicted molar refractivity (Wildman–Crippen MR) is 107 cm³/mol. The maximum atomic E-state index is 13.0. The summed E-state index contributed by atoms with van der Waals surface area (Å²) in [7, 11) is 0. The molecule has 1 amide bonds. The van der Waals surface area contributed by atoms with Crippen molar-refractivity contribution in [3.63, 3.8) is 0 Å². The molecule has 3 aromatic rings. The molecule has 1 atom stereocenters. The molecule has 4 rings (SSSR count). The van der Waals surface area contributed by atoms with Gasteiger partial charge in [-0.2, -0.15) is 0 Å². The number of halogens is 1. The first-order chi connectivity index (χ1) is 13.1. The number of hydrogen-bond acceptors (Lipinski definition) is 4. The lowest BCUT2D eigenvalue weighted by Gasteiger charge is -2.23. The molecule has 0 radical (unpaired) electrons. The summed E-state index contributed by atoms with van der Waals surface area (Å²) in [6.45, 7) is 1.40. The third kappa shape index (κ3) is 3.57. The summed E-state index contributed by atoms with van der Waals surface area (Å²) in [5.41, 5.74) is 0.667. The second-order valence-corrected chi connectivity index (χ2v) is 7.90. The van der Waals surface area contributed by atoms with Crippen molar-refractivity contribution < 1.29 is 14.3 Å². The number of hydrogen-bond donors (Lipinski definition) is 0. The van der Waals surface area contributed by atoms with Crippen molar-refractivity contribution >= 4 is 44.9 Å². The summed E-state index contributed by atoms with van der Waals surface area (Å²) >= 11 is 7.68. The van der Waals surface area contributed by atoms with Gasteiger partial charge in [-0.25, -0.2) is 4.79 Å². The molecule has 2 aromatic carbocycles. The number of amides is 1. The van der Waals surface area contributed by atoms with Crippen LogP contribution in [0.1, 0.15) is 34.2 Å². The van der Waals surface area contributed by atoms with Crippen molar-refractivity contribution in [2.75, 3.05) is 13.1 Å². The van der Waals surface area contributed by atoms with Crippen molar-refractivity contribution in [1.29, 1.82) is 0 Å². The number of fused-ring (bicyclic) bond motifs is 1. The van der Waals surface area contributed by atoms with Gasteiger partial charge in [-0.05, 0) is 18.9 Å². The van der Waals surface area contributed by atoms with Crippen molar-refractivity contribution in [1.82, 2.24) is 4.90 Å². The Morgan fingerprint density at radius 2 is 1.67 bits per heavy atom. The van der Waals surface area contributed by atoms with Crippen LogP contribution in [0.2, 0.25) is 5.02 Å². The summed E-state index contributed by atoms with van der Waals surface area (Å²) in [4.78, 5) is 27.9. The normalized spacial score (nSPS) is 15.1. The van der Waals surface area contributed by atoms with E-state index in [-0.39, 0.29) is 5.91 Å². The van der Waals surface area contributed by atoms with E-state index >= 15 is 0 Å². The lowest BCUT2D eigenvalue weighted by atomic mass is 10.1.